The lowest BCUT2D eigenvalue weighted by atomic mass is 9.71. The number of pyridine rings is 3. The van der Waals surface area contributed by atoms with Crippen LogP contribution in [0, 0.1) is 35.5 Å². The van der Waals surface area contributed by atoms with E-state index in [1.807, 2.05) is 36.8 Å². The number of quaternary nitrogens is 3. The maximum absolute atomic E-state index is 6.91. The summed E-state index contributed by atoms with van der Waals surface area (Å²) >= 11 is 0. The van der Waals surface area contributed by atoms with Gasteiger partial charge in [0.25, 0.3) is 0 Å². The molecule has 12 heterocycles. The van der Waals surface area contributed by atoms with E-state index in [4.69, 9.17) is 43.4 Å². The van der Waals surface area contributed by atoms with Crippen molar-refractivity contribution in [1.82, 2.24) is 15.0 Å². The Morgan fingerprint density at radius 3 is 0.901 bits per heavy atom. The Balaban J connectivity index is 0.00000360. The predicted octanol–water partition coefficient (Wildman–Crippen LogP) is 10.6. The molecule has 9 aliphatic rings. The highest BCUT2D eigenvalue weighted by molar-refractivity contribution is 5.84. The van der Waals surface area contributed by atoms with Crippen molar-refractivity contribution in [2.75, 3.05) is 59.1 Å². The smallest absolute Gasteiger partial charge is 0.135 e. The molecular formula is C96H105Cl3N6O6. The van der Waals surface area contributed by atoms with Crippen molar-refractivity contribution in [3.8, 4) is 17.2 Å². The van der Waals surface area contributed by atoms with Gasteiger partial charge in [-0.25, -0.2) is 0 Å². The van der Waals surface area contributed by atoms with Gasteiger partial charge < -0.3 is 79.1 Å². The lowest BCUT2D eigenvalue weighted by Gasteiger charge is -2.58. The number of hydrogen-bond donors (Lipinski definition) is 0. The molecule has 0 aliphatic carbocycles. The number of halogens is 3. The molecule has 3 aromatic heterocycles. The fourth-order valence-electron chi connectivity index (χ4n) is 20.7. The highest BCUT2D eigenvalue weighted by Gasteiger charge is 2.58. The third-order valence-corrected chi connectivity index (χ3v) is 25.8. The van der Waals surface area contributed by atoms with Crippen LogP contribution in [0.4, 0.5) is 0 Å². The first kappa shape index (κ1) is 80.3. The maximum Gasteiger partial charge on any atom is 0.135 e. The largest absolute Gasteiger partial charge is 1.00 e. The number of piperidine rings is 9. The van der Waals surface area contributed by atoms with Crippen molar-refractivity contribution in [3.63, 3.8) is 0 Å². The van der Waals surface area contributed by atoms with Crippen LogP contribution in [0.15, 0.2) is 277 Å². The molecule has 9 aliphatic heterocycles. The van der Waals surface area contributed by atoms with Gasteiger partial charge >= 0.3 is 0 Å². The quantitative estimate of drug-likeness (QED) is 0.0294. The summed E-state index contributed by atoms with van der Waals surface area (Å²) in [5.74, 6) is 5.53. The number of nitrogens with zero attached hydrogens (tertiary/aromatic N) is 6. The zero-order valence-corrected chi connectivity index (χ0v) is 66.1. The van der Waals surface area contributed by atoms with Crippen LogP contribution in [0.25, 0.3) is 32.7 Å². The minimum Gasteiger partial charge on any atom is -1.00 e. The number of para-hydroxylation sites is 3. The number of ether oxygens (including phenoxy) is 6. The maximum atomic E-state index is 6.91. The van der Waals surface area contributed by atoms with E-state index in [9.17, 15) is 0 Å². The van der Waals surface area contributed by atoms with Gasteiger partial charge in [0.15, 0.2) is 0 Å². The lowest BCUT2D eigenvalue weighted by Crippen LogP contribution is -3.00. The standard InChI is InChI=1S/C96H105N6O6.3ClH/c1-7-49-103-94(85-37-43-97-88-22-16-13-19-82(85)88)91-55-76-40-46-100(91,61-73(76)10-4)58-67-25-31-79(32-26-67)106-64-70-52-71(65-107-80-33-27-68(28-34-80)59-101-47-41-77(74(11-5)62-101)56-92(101)95(104-50-8-2)86-38-44-98-89-23-17-14-20-83(86)89)54-72(53-70)66-108-81-35-29-69(30-36-81)60-102-48-42-78(75(12-6)63-102)57-93(102)96(105-51-9-3)87-39-45-99-90-24-18-15-21-84(87)90;;;/h7-39,43-45,52-54,73-78,91-96H,1-6,40-42,46-51,55-66H2;3*1H/q+3;;;/p-3/t73-,74-,75-,76-,77-,78-,91+,92+,93+,94-,95-,96-,100?,101?,102?;;;/m0.../s1. The van der Waals surface area contributed by atoms with Gasteiger partial charge in [-0.3, -0.25) is 15.0 Å². The van der Waals surface area contributed by atoms with E-state index < -0.39 is 0 Å². The van der Waals surface area contributed by atoms with Crippen LogP contribution in [-0.2, 0) is 53.7 Å². The van der Waals surface area contributed by atoms with E-state index in [0.29, 0.717) is 75.1 Å². The molecule has 111 heavy (non-hydrogen) atoms. The Hall–Kier alpha value is -8.76. The molecule has 0 radical (unpaired) electrons. The van der Waals surface area contributed by atoms with Crippen LogP contribution in [0.2, 0.25) is 0 Å². The van der Waals surface area contributed by atoms with E-state index in [2.05, 4.69) is 240 Å². The molecule has 0 amide bonds. The molecule has 10 aromatic rings. The fraction of sp³-hybridized carbons (Fsp3) is 0.344. The summed E-state index contributed by atoms with van der Waals surface area (Å²) in [5, 5.41) is 3.45. The minimum atomic E-state index is -0.119. The zero-order valence-electron chi connectivity index (χ0n) is 63.8. The van der Waals surface area contributed by atoms with Gasteiger partial charge in [0.2, 0.25) is 0 Å². The van der Waals surface area contributed by atoms with Crippen molar-refractivity contribution in [2.24, 2.45) is 35.5 Å². The molecule has 3 unspecified atom stereocenters. The minimum absolute atomic E-state index is 0. The molecule has 12 nitrogen and oxygen atoms in total. The molecule has 6 bridgehead atoms. The molecule has 9 saturated heterocycles. The Morgan fingerprint density at radius 2 is 0.631 bits per heavy atom. The Bertz CT molecular complexity index is 4380. The average Bonchev–Trinajstić information content (AvgIpc) is 0.742. The normalized spacial score (nSPS) is 25.6. The van der Waals surface area contributed by atoms with Crippen LogP contribution in [0.1, 0.15) is 107 Å². The number of benzene rings is 7. The Morgan fingerprint density at radius 1 is 0.351 bits per heavy atom. The van der Waals surface area contributed by atoms with Crippen molar-refractivity contribution >= 4 is 32.7 Å². The first-order valence-electron chi connectivity index (χ1n) is 39.5. The molecule has 15 heteroatoms. The second-order valence-corrected chi connectivity index (χ2v) is 31.9. The van der Waals surface area contributed by atoms with Gasteiger partial charge in [0.1, 0.15) is 93.1 Å². The highest BCUT2D eigenvalue weighted by Crippen LogP contribution is 2.53. The van der Waals surface area contributed by atoms with Crippen LogP contribution >= 0.6 is 0 Å². The van der Waals surface area contributed by atoms with Crippen molar-refractivity contribution in [2.45, 2.75) is 114 Å². The van der Waals surface area contributed by atoms with Crippen molar-refractivity contribution < 1.29 is 79.1 Å². The first-order valence-corrected chi connectivity index (χ1v) is 39.5. The second kappa shape index (κ2) is 35.9. The van der Waals surface area contributed by atoms with Crippen molar-refractivity contribution in [1.29, 1.82) is 0 Å². The molecule has 0 N–H and O–H groups in total. The Labute approximate surface area is 675 Å². The Kier molecular flexibility index (Phi) is 26.0. The fourth-order valence-corrected chi connectivity index (χ4v) is 20.7. The molecule has 19 rings (SSSR count). The lowest BCUT2D eigenvalue weighted by molar-refractivity contribution is -0.985. The van der Waals surface area contributed by atoms with Gasteiger partial charge in [-0.05, 0) is 179 Å². The second-order valence-electron chi connectivity index (χ2n) is 31.9. The summed E-state index contributed by atoms with van der Waals surface area (Å²) in [5.41, 5.74) is 13.5. The molecule has 15 atom stereocenters. The van der Waals surface area contributed by atoms with Crippen LogP contribution < -0.4 is 51.4 Å². The van der Waals surface area contributed by atoms with Crippen LogP contribution in [-0.4, -0.2) is 106 Å². The summed E-state index contributed by atoms with van der Waals surface area (Å²) in [6.07, 6.45) is 24.5. The molecule has 9 fully saturated rings. The average molecular weight is 1550 g/mol. The summed E-state index contributed by atoms with van der Waals surface area (Å²) < 4.78 is 43.9. The number of hydrogen-bond acceptors (Lipinski definition) is 9. The molecule has 7 aromatic carbocycles. The molecule has 0 saturated carbocycles. The number of aromatic nitrogens is 3. The first-order chi connectivity index (χ1) is 53.1. The highest BCUT2D eigenvalue weighted by atomic mass is 35.5. The molecular weight excluding hydrogens is 1440 g/mol. The van der Waals surface area contributed by atoms with Crippen LogP contribution in [0.5, 0.6) is 17.2 Å². The van der Waals surface area contributed by atoms with E-state index >= 15 is 0 Å². The van der Waals surface area contributed by atoms with E-state index in [0.717, 1.165) is 158 Å². The number of rotatable bonds is 33. The summed E-state index contributed by atoms with van der Waals surface area (Å²) in [6.45, 7) is 36.9. The molecule has 0 spiro atoms. The zero-order chi connectivity index (χ0) is 73.6. The van der Waals surface area contributed by atoms with Gasteiger partial charge in [0, 0.05) is 108 Å². The summed E-state index contributed by atoms with van der Waals surface area (Å²) in [7, 11) is 0. The van der Waals surface area contributed by atoms with E-state index in [-0.39, 0.29) is 73.7 Å². The van der Waals surface area contributed by atoms with Gasteiger partial charge in [-0.15, -0.1) is 39.5 Å². The predicted molar refractivity (Wildman–Crippen MR) is 432 cm³/mol. The third kappa shape index (κ3) is 16.9. The molecule has 576 valence electrons. The van der Waals surface area contributed by atoms with Gasteiger partial charge in [-0.2, -0.15) is 0 Å². The summed E-state index contributed by atoms with van der Waals surface area (Å²) in [4.78, 5) is 14.3. The van der Waals surface area contributed by atoms with Crippen molar-refractivity contribution in [3.05, 3.63) is 327 Å². The SMILES string of the molecule is C=CCO[C@@H](c1ccnc2ccccc12)[C@H]1C[C@@H]2CC[N+]1(Cc1ccc(OCc3cc(COc4ccc(C[N+]56CC[C@@H](C[C@@H]5[C@@H](OCC=C)c5ccnc7ccccc57)[C@@H](C=C)C6)cc4)cc(COc4ccc(C[N+]56CC[C@@H](C[C@@H]5[C@@H](OCC=C)c5ccnc7ccccc57)[C@@H](C=C)C6)cc4)c3)cc1)C[C@@H]2C=C.[Cl-].[Cl-].[Cl-]. The van der Waals surface area contributed by atoms with Gasteiger partial charge in [-0.1, -0.05) is 91.1 Å². The monoisotopic (exact) mass is 1540 g/mol. The topological polar surface area (TPSA) is 94.1 Å². The van der Waals surface area contributed by atoms with E-state index in [1.165, 1.54) is 52.6 Å². The van der Waals surface area contributed by atoms with Crippen LogP contribution in [0.3, 0.4) is 0 Å². The van der Waals surface area contributed by atoms with Gasteiger partial charge in [0.05, 0.1) is 75.6 Å². The number of fused-ring (bicyclic) bond motifs is 12. The van der Waals surface area contributed by atoms with E-state index in [1.54, 1.807) is 0 Å². The summed E-state index contributed by atoms with van der Waals surface area (Å²) in [6, 6.07) is 65.9. The third-order valence-electron chi connectivity index (χ3n) is 25.8.